The number of ether oxygens (including phenoxy) is 2. The molecule has 1 atom stereocenters. The van der Waals surface area contributed by atoms with Crippen molar-refractivity contribution in [1.29, 1.82) is 0 Å². The molecule has 188 valence electrons. The molecule has 3 aromatic rings. The Labute approximate surface area is 203 Å². The predicted octanol–water partition coefficient (Wildman–Crippen LogP) is 4.55. The molecule has 1 aromatic heterocycles. The fourth-order valence-corrected chi connectivity index (χ4v) is 3.82. The Hall–Kier alpha value is -3.11. The second-order valence-corrected chi connectivity index (χ2v) is 11.1. The molecule has 0 aliphatic carbocycles. The third-order valence-corrected chi connectivity index (χ3v) is 6.25. The molecule has 2 aromatic carbocycles. The third kappa shape index (κ3) is 6.52. The van der Waals surface area contributed by atoms with Crippen molar-refractivity contribution in [3.63, 3.8) is 0 Å². The van der Waals surface area contributed by atoms with Gasteiger partial charge < -0.3 is 9.47 Å². The lowest BCUT2D eigenvalue weighted by Crippen LogP contribution is -2.32. The van der Waals surface area contributed by atoms with Gasteiger partial charge in [0.05, 0.1) is 29.0 Å². The van der Waals surface area contributed by atoms with Crippen LogP contribution in [0.4, 0.5) is 8.78 Å². The summed E-state index contributed by atoms with van der Waals surface area (Å²) >= 11 is 0. The van der Waals surface area contributed by atoms with E-state index < -0.39 is 38.7 Å². The third-order valence-electron chi connectivity index (χ3n) is 5.12. The van der Waals surface area contributed by atoms with Crippen LogP contribution in [0.5, 0.6) is 5.75 Å². The average molecular weight is 507 g/mol. The maximum atomic E-state index is 13.8. The topological polar surface area (TPSA) is 87.5 Å². The molecular formula is C25H28F2N2O5S. The molecular weight excluding hydrogens is 478 g/mol. The standard InChI is InChI=1S/C25H28F2N2O5S/c1-6-18(15-33-25(2,3)4)34-23-20(16-7-10-19(11-8-16)35(5,31)32)14-28-29(24(23)30)17-9-12-21(26)22(27)13-17/h7-14,18H,6,15H2,1-5H3/t18-/m0/s1. The largest absolute Gasteiger partial charge is 0.482 e. The van der Waals surface area contributed by atoms with Crippen molar-refractivity contribution in [2.45, 2.75) is 50.7 Å². The molecule has 0 bridgehead atoms. The van der Waals surface area contributed by atoms with Gasteiger partial charge in [0.15, 0.2) is 27.2 Å². The number of rotatable bonds is 8. The first-order valence-electron chi connectivity index (χ1n) is 11.0. The summed E-state index contributed by atoms with van der Waals surface area (Å²) in [6, 6.07) is 8.96. The molecule has 35 heavy (non-hydrogen) atoms. The number of halogens is 2. The van der Waals surface area contributed by atoms with Crippen LogP contribution in [0.25, 0.3) is 16.8 Å². The van der Waals surface area contributed by atoms with Crippen molar-refractivity contribution in [2.75, 3.05) is 12.9 Å². The summed E-state index contributed by atoms with van der Waals surface area (Å²) in [5.41, 5.74) is -0.263. The highest BCUT2D eigenvalue weighted by Gasteiger charge is 2.22. The Bertz CT molecular complexity index is 1360. The first-order chi connectivity index (χ1) is 16.3. The highest BCUT2D eigenvalue weighted by atomic mass is 32.2. The number of benzene rings is 2. The minimum Gasteiger partial charge on any atom is -0.482 e. The van der Waals surface area contributed by atoms with E-state index in [1.165, 1.54) is 24.4 Å². The molecule has 7 nitrogen and oxygen atoms in total. The Morgan fingerprint density at radius 3 is 2.26 bits per heavy atom. The smallest absolute Gasteiger partial charge is 0.314 e. The van der Waals surface area contributed by atoms with Crippen LogP contribution in [-0.2, 0) is 14.6 Å². The van der Waals surface area contributed by atoms with Crippen LogP contribution in [0.1, 0.15) is 34.1 Å². The highest BCUT2D eigenvalue weighted by Crippen LogP contribution is 2.29. The van der Waals surface area contributed by atoms with Crippen molar-refractivity contribution >= 4 is 9.84 Å². The molecule has 1 heterocycles. The van der Waals surface area contributed by atoms with Crippen LogP contribution in [0.3, 0.4) is 0 Å². The molecule has 3 rings (SSSR count). The monoisotopic (exact) mass is 506 g/mol. The van der Waals surface area contributed by atoms with E-state index in [1.807, 2.05) is 27.7 Å². The molecule has 0 saturated heterocycles. The van der Waals surface area contributed by atoms with Crippen LogP contribution in [0.15, 0.2) is 58.4 Å². The van der Waals surface area contributed by atoms with Crippen LogP contribution in [0.2, 0.25) is 0 Å². The lowest BCUT2D eigenvalue weighted by Gasteiger charge is -2.25. The zero-order valence-corrected chi connectivity index (χ0v) is 21.0. The summed E-state index contributed by atoms with van der Waals surface area (Å²) < 4.78 is 63.8. The number of nitrogens with zero attached hydrogens (tertiary/aromatic N) is 2. The molecule has 0 unspecified atom stereocenters. The van der Waals surface area contributed by atoms with Crippen molar-refractivity contribution in [1.82, 2.24) is 9.78 Å². The van der Waals surface area contributed by atoms with E-state index in [4.69, 9.17) is 9.47 Å². The van der Waals surface area contributed by atoms with Crippen LogP contribution in [-0.4, -0.2) is 42.8 Å². The number of aromatic nitrogens is 2. The van der Waals surface area contributed by atoms with Gasteiger partial charge in [-0.25, -0.2) is 17.2 Å². The molecule has 0 fully saturated rings. The quantitative estimate of drug-likeness (QED) is 0.445. The molecule has 0 aliphatic heterocycles. The summed E-state index contributed by atoms with van der Waals surface area (Å²) in [6.07, 6.45) is 2.50. The summed E-state index contributed by atoms with van der Waals surface area (Å²) in [6.45, 7) is 7.79. The van der Waals surface area contributed by atoms with Gasteiger partial charge in [0.2, 0.25) is 0 Å². The highest BCUT2D eigenvalue weighted by molar-refractivity contribution is 7.90. The van der Waals surface area contributed by atoms with E-state index >= 15 is 0 Å². The molecule has 0 amide bonds. The molecule has 0 aliphatic rings. The summed E-state index contributed by atoms with van der Waals surface area (Å²) in [4.78, 5) is 13.6. The molecule has 0 radical (unpaired) electrons. The average Bonchev–Trinajstić information content (AvgIpc) is 2.78. The van der Waals surface area contributed by atoms with Crippen molar-refractivity contribution in [2.24, 2.45) is 0 Å². The van der Waals surface area contributed by atoms with Crippen LogP contribution < -0.4 is 10.3 Å². The van der Waals surface area contributed by atoms with Crippen LogP contribution >= 0.6 is 0 Å². The second-order valence-electron chi connectivity index (χ2n) is 9.07. The zero-order valence-electron chi connectivity index (χ0n) is 20.2. The van der Waals surface area contributed by atoms with E-state index in [-0.39, 0.29) is 22.9 Å². The summed E-state index contributed by atoms with van der Waals surface area (Å²) in [7, 11) is -3.41. The van der Waals surface area contributed by atoms with Gasteiger partial charge in [-0.15, -0.1) is 0 Å². The normalized spacial score (nSPS) is 13.0. The van der Waals surface area contributed by atoms with Gasteiger partial charge in [-0.05, 0) is 57.0 Å². The zero-order chi connectivity index (χ0) is 26.0. The molecule has 0 saturated carbocycles. The van der Waals surface area contributed by atoms with E-state index in [2.05, 4.69) is 5.10 Å². The van der Waals surface area contributed by atoms with Gasteiger partial charge in [-0.3, -0.25) is 4.79 Å². The number of hydrogen-bond acceptors (Lipinski definition) is 6. The van der Waals surface area contributed by atoms with Crippen molar-refractivity contribution < 1.29 is 26.7 Å². The van der Waals surface area contributed by atoms with Crippen molar-refractivity contribution in [3.8, 4) is 22.6 Å². The fourth-order valence-electron chi connectivity index (χ4n) is 3.18. The molecule has 10 heteroatoms. The van der Waals surface area contributed by atoms with Gasteiger partial charge in [0.25, 0.3) is 0 Å². The van der Waals surface area contributed by atoms with E-state index in [0.717, 1.165) is 23.1 Å². The SMILES string of the molecule is CC[C@@H](COC(C)(C)C)Oc1c(-c2ccc(S(C)(=O)=O)cc2)cnn(-c2ccc(F)c(F)c2)c1=O. The number of hydrogen-bond donors (Lipinski definition) is 0. The maximum Gasteiger partial charge on any atom is 0.314 e. The van der Waals surface area contributed by atoms with E-state index in [0.29, 0.717) is 17.5 Å². The van der Waals surface area contributed by atoms with E-state index in [1.54, 1.807) is 12.1 Å². The first-order valence-corrected chi connectivity index (χ1v) is 12.9. The van der Waals surface area contributed by atoms with Gasteiger partial charge >= 0.3 is 5.56 Å². The maximum absolute atomic E-state index is 13.8. The summed E-state index contributed by atoms with van der Waals surface area (Å²) in [5.74, 6) is -2.24. The predicted molar refractivity (Wildman–Crippen MR) is 129 cm³/mol. The lowest BCUT2D eigenvalue weighted by molar-refractivity contribution is -0.0426. The van der Waals surface area contributed by atoms with Crippen LogP contribution in [0, 0.1) is 11.6 Å². The Morgan fingerprint density at radius 1 is 1.06 bits per heavy atom. The molecule has 0 N–H and O–H groups in total. The lowest BCUT2D eigenvalue weighted by atomic mass is 10.1. The van der Waals surface area contributed by atoms with Gasteiger partial charge in [-0.2, -0.15) is 9.78 Å². The minimum absolute atomic E-state index is 0.0247. The van der Waals surface area contributed by atoms with Gasteiger partial charge in [-0.1, -0.05) is 19.1 Å². The number of sulfone groups is 1. The fraction of sp³-hybridized carbons (Fsp3) is 0.360. The first kappa shape index (κ1) is 26.5. The minimum atomic E-state index is -3.41. The Balaban J connectivity index is 2.12. The summed E-state index contributed by atoms with van der Waals surface area (Å²) in [5, 5.41) is 4.13. The van der Waals surface area contributed by atoms with Gasteiger partial charge in [0.1, 0.15) is 6.10 Å². The second kappa shape index (κ2) is 10.2. The van der Waals surface area contributed by atoms with Gasteiger partial charge in [0, 0.05) is 17.9 Å². The Kier molecular flexibility index (Phi) is 7.76. The van der Waals surface area contributed by atoms with E-state index in [9.17, 15) is 22.0 Å². The van der Waals surface area contributed by atoms with Crippen molar-refractivity contribution in [3.05, 3.63) is 70.6 Å². The molecule has 0 spiro atoms. The Morgan fingerprint density at radius 2 is 1.71 bits per heavy atom.